The molecule has 4 aliphatic rings. The van der Waals surface area contributed by atoms with Gasteiger partial charge >= 0.3 is 0 Å². The zero-order chi connectivity index (χ0) is 57.4. The van der Waals surface area contributed by atoms with Crippen LogP contribution in [0.3, 0.4) is 0 Å². The number of unbranched alkanes of at least 4 members (excludes halogenated alkanes) is 5. The molecule has 20 atom stereocenters. The molecule has 0 aromatic heterocycles. The molecule has 4 heterocycles. The second kappa shape index (κ2) is 30.6. The van der Waals surface area contributed by atoms with Crippen LogP contribution in [0.15, 0.2) is 36.4 Å². The second-order valence-electron chi connectivity index (χ2n) is 19.2. The molecule has 9 unspecified atom stereocenters. The lowest BCUT2D eigenvalue weighted by molar-refractivity contribution is -0.361. The lowest BCUT2D eigenvalue weighted by Crippen LogP contribution is -2.71. The van der Waals surface area contributed by atoms with Crippen molar-refractivity contribution < 1.29 is 120 Å². The van der Waals surface area contributed by atoms with Gasteiger partial charge in [0, 0.05) is 26.3 Å². The van der Waals surface area contributed by atoms with Gasteiger partial charge in [0.25, 0.3) is 5.91 Å². The molecule has 4 amide bonds. The molecule has 0 radical (unpaired) electrons. The van der Waals surface area contributed by atoms with Crippen LogP contribution in [-0.2, 0) is 62.1 Å². The summed E-state index contributed by atoms with van der Waals surface area (Å²) >= 11 is 0. The Morgan fingerprint density at radius 3 is 1.50 bits per heavy atom. The summed E-state index contributed by atoms with van der Waals surface area (Å²) < 4.78 is 85.5. The molecule has 30 heteroatoms. The van der Waals surface area contributed by atoms with Crippen molar-refractivity contribution in [3.05, 3.63) is 42.0 Å². The van der Waals surface area contributed by atoms with Gasteiger partial charge in [-0.3, -0.25) is 23.4 Å². The highest BCUT2D eigenvalue weighted by molar-refractivity contribution is 7.80. The fourth-order valence-electron chi connectivity index (χ4n) is 9.33. The standard InChI is InChI=1S/C48H76N4O25S/c1-5-6-7-8-9-10-11-12-13-18-69-27-16-14-26(15-17-27)44(64)52-33-37(60)36(59)28(19-53)72-46(33)75-41-29(20-54)73-47(34(39(41)62)50-24(3)57)76-42-30(21-55)74-48(35(40(42)63)51-25(4)58)77-43-31(22-70-78(66,67)68)71-45(65)32(38(43)61)49-23(2)56/h10-11,14-17,28-43,45-48,53-55,59-63,65H,5-9,12-13,18-22H2,1-4H3,(H,49,56)(H,50,57)(H,51,58)(H,52,64)(H,66,67,68)/p-1/b11-10-/t28?,29-,30?,31-,32?,33?,34?,35?,36+,37-,38?,39?,40-,41-,42+,43-,45?,46+,47-,48+/m1/s1. The molecule has 444 valence electrons. The fourth-order valence-corrected chi connectivity index (χ4v) is 9.63. The van der Waals surface area contributed by atoms with E-state index >= 15 is 0 Å². The molecule has 13 N–H and O–H groups in total. The van der Waals surface area contributed by atoms with Crippen LogP contribution in [0.5, 0.6) is 5.75 Å². The van der Waals surface area contributed by atoms with Crippen molar-refractivity contribution in [2.45, 2.75) is 195 Å². The van der Waals surface area contributed by atoms with E-state index < -0.39 is 183 Å². The summed E-state index contributed by atoms with van der Waals surface area (Å²) in [5.41, 5.74) is 0.0787. The van der Waals surface area contributed by atoms with Crippen LogP contribution in [0.2, 0.25) is 0 Å². The van der Waals surface area contributed by atoms with Crippen molar-refractivity contribution in [3.8, 4) is 5.75 Å². The summed E-state index contributed by atoms with van der Waals surface area (Å²) in [4.78, 5) is 50.9. The Labute approximate surface area is 450 Å². The third kappa shape index (κ3) is 17.9. The van der Waals surface area contributed by atoms with Crippen LogP contribution >= 0.6 is 0 Å². The Morgan fingerprint density at radius 2 is 1.03 bits per heavy atom. The van der Waals surface area contributed by atoms with E-state index in [9.17, 15) is 78.1 Å². The van der Waals surface area contributed by atoms with Gasteiger partial charge in [0.05, 0.1) is 33.0 Å². The van der Waals surface area contributed by atoms with Crippen LogP contribution in [0.25, 0.3) is 0 Å². The van der Waals surface area contributed by atoms with Gasteiger partial charge in [0.2, 0.25) is 28.1 Å². The van der Waals surface area contributed by atoms with E-state index in [0.29, 0.717) is 12.4 Å². The van der Waals surface area contributed by atoms with Crippen molar-refractivity contribution >= 4 is 34.0 Å². The van der Waals surface area contributed by atoms with Crippen LogP contribution in [0.4, 0.5) is 0 Å². The van der Waals surface area contributed by atoms with Gasteiger partial charge < -0.3 is 110 Å². The third-order valence-corrected chi connectivity index (χ3v) is 13.7. The van der Waals surface area contributed by atoms with Gasteiger partial charge in [0.15, 0.2) is 25.2 Å². The molecular weight excluding hydrogens is 1060 g/mol. The van der Waals surface area contributed by atoms with Crippen molar-refractivity contribution in [1.29, 1.82) is 0 Å². The van der Waals surface area contributed by atoms with Gasteiger partial charge in [-0.25, -0.2) is 8.42 Å². The highest BCUT2D eigenvalue weighted by atomic mass is 32.3. The predicted octanol–water partition coefficient (Wildman–Crippen LogP) is -4.71. The number of carbonyl (C=O) groups excluding carboxylic acids is 4. The average Bonchev–Trinajstić information content (AvgIpc) is 3.43. The van der Waals surface area contributed by atoms with Gasteiger partial charge in [-0.05, 0) is 49.9 Å². The fraction of sp³-hybridized carbons (Fsp3) is 0.750. The number of amides is 4. The van der Waals surface area contributed by atoms with Crippen LogP contribution < -0.4 is 26.0 Å². The molecule has 0 bridgehead atoms. The normalized spacial score (nSPS) is 35.4. The molecule has 1 aromatic carbocycles. The first-order valence-corrected chi connectivity index (χ1v) is 26.9. The summed E-state index contributed by atoms with van der Waals surface area (Å²) in [6.45, 7) is 1.58. The number of rotatable bonds is 27. The van der Waals surface area contributed by atoms with Crippen molar-refractivity contribution in [2.75, 3.05) is 33.0 Å². The monoisotopic (exact) mass is 1140 g/mol. The number of aliphatic hydroxyl groups is 9. The first-order valence-electron chi connectivity index (χ1n) is 25.6. The van der Waals surface area contributed by atoms with E-state index in [1.165, 1.54) is 31.4 Å². The molecule has 0 saturated carbocycles. The van der Waals surface area contributed by atoms with Crippen LogP contribution in [0.1, 0.15) is 83.0 Å². The first-order chi connectivity index (χ1) is 37.0. The van der Waals surface area contributed by atoms with E-state index in [-0.39, 0.29) is 5.56 Å². The number of hydrogen-bond donors (Lipinski definition) is 13. The molecule has 4 fully saturated rings. The van der Waals surface area contributed by atoms with Crippen molar-refractivity contribution in [1.82, 2.24) is 21.3 Å². The Bertz CT molecular complexity index is 2200. The molecule has 29 nitrogen and oxygen atoms in total. The zero-order valence-electron chi connectivity index (χ0n) is 43.5. The number of nitrogens with one attached hydrogen (secondary N) is 4. The highest BCUT2D eigenvalue weighted by Gasteiger charge is 2.56. The summed E-state index contributed by atoms with van der Waals surface area (Å²) in [6, 6.07) is -0.782. The van der Waals surface area contributed by atoms with E-state index in [1.54, 1.807) is 12.1 Å². The Balaban J connectivity index is 1.33. The maximum Gasteiger partial charge on any atom is 0.251 e. The number of carbonyl (C=O) groups is 4. The van der Waals surface area contributed by atoms with Gasteiger partial charge in [-0.2, -0.15) is 0 Å². The minimum absolute atomic E-state index is 0.0787. The van der Waals surface area contributed by atoms with Crippen LogP contribution in [-0.4, -0.2) is 238 Å². The summed E-state index contributed by atoms with van der Waals surface area (Å²) in [7, 11) is -5.41. The quantitative estimate of drug-likeness (QED) is 0.0170. The number of benzene rings is 1. The summed E-state index contributed by atoms with van der Waals surface area (Å²) in [5.74, 6) is -2.74. The molecular formula is C48H75N4O25S-. The molecule has 4 saturated heterocycles. The highest BCUT2D eigenvalue weighted by Crippen LogP contribution is 2.35. The van der Waals surface area contributed by atoms with E-state index in [0.717, 1.165) is 46.5 Å². The minimum Gasteiger partial charge on any atom is -0.726 e. The van der Waals surface area contributed by atoms with E-state index in [2.05, 4.69) is 44.5 Å². The topological polar surface area (TPSA) is 439 Å². The van der Waals surface area contributed by atoms with E-state index in [1.807, 2.05) is 0 Å². The molecule has 1 aromatic rings. The average molecular weight is 1140 g/mol. The first kappa shape index (κ1) is 64.7. The minimum atomic E-state index is -5.41. The molecule has 0 spiro atoms. The zero-order valence-corrected chi connectivity index (χ0v) is 44.3. The Kier molecular flexibility index (Phi) is 25.4. The maximum atomic E-state index is 13.7. The lowest BCUT2D eigenvalue weighted by Gasteiger charge is -2.51. The van der Waals surface area contributed by atoms with Gasteiger partial charge in [-0.15, -0.1) is 0 Å². The smallest absolute Gasteiger partial charge is 0.251 e. The van der Waals surface area contributed by atoms with E-state index in [4.69, 9.17) is 37.9 Å². The maximum absolute atomic E-state index is 13.7. The summed E-state index contributed by atoms with van der Waals surface area (Å²) in [5, 5.41) is 109. The number of ether oxygens (including phenoxy) is 8. The Morgan fingerprint density at radius 1 is 0.577 bits per heavy atom. The lowest BCUT2D eigenvalue weighted by atomic mass is 9.93. The SMILES string of the molecule is CCCCCC/C=C\CCCOc1ccc(C(=O)NC2[C@H](O[C@H]3C(O)C(NC(C)=O)[C@@H](O[C@H]4C(CO)O[C@@H](O[C@H]5C(O)C(NC(C)=O)C(O)O[C@@H]5COS(=O)(=O)[O-])C(NC(C)=O)[C@H]4O)O[C@@H]3CO)OC(CO)[C@H](O)[C@@H]2O)cc1. The molecule has 78 heavy (non-hydrogen) atoms. The number of aliphatic hydroxyl groups excluding tert-OH is 9. The van der Waals surface area contributed by atoms with Crippen molar-refractivity contribution in [2.24, 2.45) is 0 Å². The van der Waals surface area contributed by atoms with Crippen molar-refractivity contribution in [3.63, 3.8) is 0 Å². The third-order valence-electron chi connectivity index (χ3n) is 13.2. The molecule has 5 rings (SSSR count). The van der Waals surface area contributed by atoms with Gasteiger partial charge in [0.1, 0.15) is 103 Å². The van der Waals surface area contributed by atoms with Gasteiger partial charge in [-0.1, -0.05) is 38.3 Å². The summed E-state index contributed by atoms with van der Waals surface area (Å²) in [6.07, 6.45) is -18.0. The number of allylic oxidation sites excluding steroid dienone is 2. The molecule has 4 aliphatic heterocycles. The molecule has 0 aliphatic carbocycles. The second-order valence-corrected chi connectivity index (χ2v) is 20.3. The Hall–Kier alpha value is -4.13. The largest absolute Gasteiger partial charge is 0.726 e. The number of hydrogen-bond acceptors (Lipinski definition) is 25. The van der Waals surface area contributed by atoms with Crippen LogP contribution in [0, 0.1) is 0 Å². The predicted molar refractivity (Wildman–Crippen MR) is 262 cm³/mol.